The minimum atomic E-state index is 0.317. The summed E-state index contributed by atoms with van der Waals surface area (Å²) in [4.78, 5) is 0. The normalized spacial score (nSPS) is 37.7. The minimum Gasteiger partial charge on any atom is -0.398 e. The molecule has 0 aromatic heterocycles. The van der Waals surface area contributed by atoms with Crippen LogP contribution < -0.4 is 11.1 Å². The number of hydrogen-bond acceptors (Lipinski definition) is 3. The highest BCUT2D eigenvalue weighted by molar-refractivity contribution is 8.01. The number of allylic oxidation sites excluding steroid dienone is 2. The standard InChI is InChI=1S/C15H18N2S/c16-14-9-5-1-3-7-11(9)17-15-13(14)10-6-2-4-8-12(10)18-15/h1,3,5,7,11-12,15,17H,2,4,6,8,16H2. The molecule has 0 bridgehead atoms. The summed E-state index contributed by atoms with van der Waals surface area (Å²) in [7, 11) is 0. The molecule has 1 fully saturated rings. The summed E-state index contributed by atoms with van der Waals surface area (Å²) >= 11 is 2.08. The number of thioether (sulfide) groups is 1. The number of rotatable bonds is 0. The summed E-state index contributed by atoms with van der Waals surface area (Å²) in [6.45, 7) is 0. The zero-order valence-electron chi connectivity index (χ0n) is 10.4. The maximum atomic E-state index is 6.46. The van der Waals surface area contributed by atoms with Gasteiger partial charge in [-0.1, -0.05) is 30.7 Å². The first kappa shape index (κ1) is 10.9. The lowest BCUT2D eigenvalue weighted by atomic mass is 9.85. The molecule has 4 rings (SSSR count). The van der Waals surface area contributed by atoms with Crippen LogP contribution in [0.3, 0.4) is 0 Å². The number of fused-ring (bicyclic) bond motifs is 3. The van der Waals surface area contributed by atoms with Gasteiger partial charge in [-0.15, -0.1) is 11.8 Å². The SMILES string of the molecule is NC1=C2C=CC=CC2NC2SC3CCCCC3=C12. The van der Waals surface area contributed by atoms with Gasteiger partial charge in [0, 0.05) is 16.5 Å². The predicted molar refractivity (Wildman–Crippen MR) is 77.1 cm³/mol. The maximum absolute atomic E-state index is 6.46. The van der Waals surface area contributed by atoms with Gasteiger partial charge < -0.3 is 5.73 Å². The molecular weight excluding hydrogens is 240 g/mol. The van der Waals surface area contributed by atoms with Crippen LogP contribution in [0.5, 0.6) is 0 Å². The van der Waals surface area contributed by atoms with Gasteiger partial charge in [-0.05, 0) is 30.4 Å². The Kier molecular flexibility index (Phi) is 2.45. The Morgan fingerprint density at radius 1 is 1.28 bits per heavy atom. The molecular formula is C15H18N2S. The van der Waals surface area contributed by atoms with Crippen LogP contribution in [-0.4, -0.2) is 16.7 Å². The van der Waals surface area contributed by atoms with Gasteiger partial charge in [0.15, 0.2) is 0 Å². The van der Waals surface area contributed by atoms with Crippen LogP contribution in [0.15, 0.2) is 46.7 Å². The molecule has 3 atom stereocenters. The topological polar surface area (TPSA) is 38.0 Å². The zero-order valence-corrected chi connectivity index (χ0v) is 11.2. The van der Waals surface area contributed by atoms with Crippen LogP contribution in [0.4, 0.5) is 0 Å². The average Bonchev–Trinajstić information content (AvgIpc) is 2.77. The Bertz CT molecular complexity index is 513. The van der Waals surface area contributed by atoms with E-state index < -0.39 is 0 Å². The van der Waals surface area contributed by atoms with Crippen molar-refractivity contribution in [3.63, 3.8) is 0 Å². The Balaban J connectivity index is 1.83. The molecule has 0 amide bonds. The molecule has 0 aromatic carbocycles. The third-order valence-electron chi connectivity index (χ3n) is 4.42. The molecule has 94 valence electrons. The lowest BCUT2D eigenvalue weighted by Crippen LogP contribution is -2.43. The van der Waals surface area contributed by atoms with Gasteiger partial charge in [-0.2, -0.15) is 0 Å². The highest BCUT2D eigenvalue weighted by Crippen LogP contribution is 2.49. The van der Waals surface area contributed by atoms with Crippen molar-refractivity contribution < 1.29 is 0 Å². The highest BCUT2D eigenvalue weighted by Gasteiger charge is 2.40. The summed E-state index contributed by atoms with van der Waals surface area (Å²) in [5, 5.41) is 4.88. The van der Waals surface area contributed by atoms with E-state index in [2.05, 4.69) is 41.4 Å². The van der Waals surface area contributed by atoms with Gasteiger partial charge in [0.25, 0.3) is 0 Å². The molecule has 4 aliphatic rings. The second-order valence-corrected chi connectivity index (χ2v) is 6.76. The van der Waals surface area contributed by atoms with Crippen molar-refractivity contribution in [1.82, 2.24) is 5.32 Å². The van der Waals surface area contributed by atoms with Gasteiger partial charge >= 0.3 is 0 Å². The monoisotopic (exact) mass is 258 g/mol. The molecule has 2 nitrogen and oxygen atoms in total. The van der Waals surface area contributed by atoms with Gasteiger partial charge in [0.1, 0.15) is 0 Å². The molecule has 2 aliphatic heterocycles. The minimum absolute atomic E-state index is 0.317. The predicted octanol–water partition coefficient (Wildman–Crippen LogP) is 2.61. The van der Waals surface area contributed by atoms with Gasteiger partial charge in [0.05, 0.1) is 11.4 Å². The fraction of sp³-hybridized carbons (Fsp3) is 0.467. The first-order valence-corrected chi connectivity index (χ1v) is 7.78. The van der Waals surface area contributed by atoms with Crippen LogP contribution in [0, 0.1) is 0 Å². The van der Waals surface area contributed by atoms with E-state index in [0.29, 0.717) is 11.4 Å². The van der Waals surface area contributed by atoms with Crippen LogP contribution in [0.2, 0.25) is 0 Å². The molecule has 3 heteroatoms. The largest absolute Gasteiger partial charge is 0.398 e. The molecule has 0 radical (unpaired) electrons. The zero-order chi connectivity index (χ0) is 12.1. The van der Waals surface area contributed by atoms with E-state index in [-0.39, 0.29) is 0 Å². The second-order valence-electron chi connectivity index (χ2n) is 5.45. The molecule has 3 N–H and O–H groups in total. The summed E-state index contributed by atoms with van der Waals surface area (Å²) in [5.41, 5.74) is 11.8. The van der Waals surface area contributed by atoms with Gasteiger partial charge in [0.2, 0.25) is 0 Å². The third-order valence-corrected chi connectivity index (χ3v) is 5.91. The van der Waals surface area contributed by atoms with E-state index in [9.17, 15) is 0 Å². The van der Waals surface area contributed by atoms with Crippen molar-refractivity contribution in [2.45, 2.75) is 42.3 Å². The van der Waals surface area contributed by atoms with E-state index >= 15 is 0 Å². The first-order chi connectivity index (χ1) is 8.84. The molecule has 18 heavy (non-hydrogen) atoms. The smallest absolute Gasteiger partial charge is 0.0822 e. The fourth-order valence-electron chi connectivity index (χ4n) is 3.54. The summed E-state index contributed by atoms with van der Waals surface area (Å²) in [6.07, 6.45) is 13.9. The molecule has 2 aliphatic carbocycles. The molecule has 3 unspecified atom stereocenters. The van der Waals surface area contributed by atoms with Crippen molar-refractivity contribution in [2.75, 3.05) is 0 Å². The summed E-state index contributed by atoms with van der Waals surface area (Å²) < 4.78 is 0. The molecule has 0 aromatic rings. The third kappa shape index (κ3) is 1.47. The second kappa shape index (κ2) is 4.04. The average molecular weight is 258 g/mol. The van der Waals surface area contributed by atoms with Crippen LogP contribution in [0.1, 0.15) is 25.7 Å². The maximum Gasteiger partial charge on any atom is 0.0822 e. The highest BCUT2D eigenvalue weighted by atomic mass is 32.2. The summed E-state index contributed by atoms with van der Waals surface area (Å²) in [5.74, 6) is 0. The number of nitrogens with one attached hydrogen (secondary N) is 1. The number of nitrogens with two attached hydrogens (primary N) is 1. The Morgan fingerprint density at radius 3 is 3.17 bits per heavy atom. The Morgan fingerprint density at radius 2 is 2.22 bits per heavy atom. The van der Waals surface area contributed by atoms with Crippen molar-refractivity contribution in [1.29, 1.82) is 0 Å². The van der Waals surface area contributed by atoms with Crippen molar-refractivity contribution in [2.24, 2.45) is 5.73 Å². The Labute approximate surface area is 112 Å². The lowest BCUT2D eigenvalue weighted by molar-refractivity contribution is 0.602. The van der Waals surface area contributed by atoms with E-state index in [1.54, 1.807) is 5.57 Å². The quantitative estimate of drug-likeness (QED) is 0.701. The lowest BCUT2D eigenvalue weighted by Gasteiger charge is -2.32. The van der Waals surface area contributed by atoms with Crippen molar-refractivity contribution in [3.8, 4) is 0 Å². The van der Waals surface area contributed by atoms with E-state index in [0.717, 1.165) is 10.9 Å². The van der Waals surface area contributed by atoms with Crippen LogP contribution >= 0.6 is 11.8 Å². The van der Waals surface area contributed by atoms with E-state index in [4.69, 9.17) is 5.73 Å². The molecule has 1 saturated carbocycles. The molecule has 2 heterocycles. The number of hydrogen-bond donors (Lipinski definition) is 2. The van der Waals surface area contributed by atoms with E-state index in [1.807, 2.05) is 0 Å². The van der Waals surface area contributed by atoms with Crippen LogP contribution in [0.25, 0.3) is 0 Å². The molecule has 0 spiro atoms. The first-order valence-electron chi connectivity index (χ1n) is 6.84. The van der Waals surface area contributed by atoms with E-state index in [1.165, 1.54) is 36.8 Å². The van der Waals surface area contributed by atoms with Gasteiger partial charge in [-0.25, -0.2) is 0 Å². The molecule has 0 saturated heterocycles. The summed E-state index contributed by atoms with van der Waals surface area (Å²) in [6, 6.07) is 0.317. The van der Waals surface area contributed by atoms with Gasteiger partial charge in [-0.3, -0.25) is 5.32 Å². The Hall–Kier alpha value is -0.930. The van der Waals surface area contributed by atoms with Crippen LogP contribution in [-0.2, 0) is 0 Å². The van der Waals surface area contributed by atoms with Crippen molar-refractivity contribution >= 4 is 11.8 Å². The fourth-order valence-corrected chi connectivity index (χ4v) is 5.22. The van der Waals surface area contributed by atoms with Crippen molar-refractivity contribution in [3.05, 3.63) is 46.7 Å².